The number of likely N-dealkylation sites (N-methyl/N-ethyl adjacent to an activating group) is 1. The lowest BCUT2D eigenvalue weighted by molar-refractivity contribution is -0.147. The van der Waals surface area contributed by atoms with Gasteiger partial charge in [0.2, 0.25) is 0 Å². The molecule has 0 aromatic heterocycles. The van der Waals surface area contributed by atoms with E-state index in [1.807, 2.05) is 25.1 Å². The summed E-state index contributed by atoms with van der Waals surface area (Å²) in [4.78, 5) is 24.7. The van der Waals surface area contributed by atoms with E-state index in [0.717, 1.165) is 0 Å². The minimum Gasteiger partial charge on any atom is -0.480 e. The van der Waals surface area contributed by atoms with Crippen LogP contribution in [0, 0.1) is 0 Å². The number of carboxylic acid groups (broad SMARTS) is 1. The summed E-state index contributed by atoms with van der Waals surface area (Å²) in [6.07, 6.45) is 0.193. The Morgan fingerprint density at radius 2 is 1.90 bits per heavy atom. The van der Waals surface area contributed by atoms with Crippen LogP contribution < -0.4 is 0 Å². The molecule has 0 aliphatic rings. The number of carboxylic acids is 1. The number of hydrogen-bond acceptors (Lipinski definition) is 4. The van der Waals surface area contributed by atoms with Crippen LogP contribution in [0.25, 0.3) is 0 Å². The molecule has 5 nitrogen and oxygen atoms in total. The van der Waals surface area contributed by atoms with Crippen molar-refractivity contribution in [2.75, 3.05) is 19.7 Å². The lowest BCUT2D eigenvalue weighted by atomic mass is 10.1. The molecule has 5 heteroatoms. The fraction of sp³-hybridized carbons (Fsp3) is 0.467. The van der Waals surface area contributed by atoms with Crippen LogP contribution in [0.1, 0.15) is 31.9 Å². The summed E-state index contributed by atoms with van der Waals surface area (Å²) in [6.45, 7) is 4.88. The van der Waals surface area contributed by atoms with Crippen LogP contribution in [0.3, 0.4) is 0 Å². The van der Waals surface area contributed by atoms with Gasteiger partial charge in [0.05, 0.1) is 13.0 Å². The highest BCUT2D eigenvalue weighted by Crippen LogP contribution is 2.21. The van der Waals surface area contributed by atoms with Crippen molar-refractivity contribution in [2.24, 2.45) is 0 Å². The minimum absolute atomic E-state index is 0.193. The van der Waals surface area contributed by atoms with Gasteiger partial charge < -0.3 is 9.84 Å². The van der Waals surface area contributed by atoms with Gasteiger partial charge in [0.1, 0.15) is 6.04 Å². The molecule has 1 aromatic rings. The first-order valence-electron chi connectivity index (χ1n) is 6.77. The highest BCUT2D eigenvalue weighted by atomic mass is 16.5. The molecule has 0 radical (unpaired) electrons. The Morgan fingerprint density at radius 1 is 1.25 bits per heavy atom. The molecule has 20 heavy (non-hydrogen) atoms. The predicted octanol–water partition coefficient (Wildman–Crippen LogP) is 2.09. The number of ether oxygens (including phenoxy) is 1. The molecule has 1 rings (SSSR count). The second-order valence-corrected chi connectivity index (χ2v) is 4.34. The van der Waals surface area contributed by atoms with E-state index >= 15 is 0 Å². The molecule has 0 spiro atoms. The van der Waals surface area contributed by atoms with Crippen molar-refractivity contribution in [3.05, 3.63) is 35.9 Å². The number of esters is 1. The fourth-order valence-electron chi connectivity index (χ4n) is 2.08. The number of carbonyl (C=O) groups is 2. The first-order chi connectivity index (χ1) is 9.60. The average Bonchev–Trinajstić information content (AvgIpc) is 2.44. The van der Waals surface area contributed by atoms with Crippen molar-refractivity contribution in [3.8, 4) is 0 Å². The maximum atomic E-state index is 11.5. The zero-order chi connectivity index (χ0) is 15.0. The SMILES string of the molecule is CCOC(=O)CCN(CC)C(C(=O)O)c1ccccc1. The van der Waals surface area contributed by atoms with E-state index in [9.17, 15) is 14.7 Å². The maximum absolute atomic E-state index is 11.5. The summed E-state index contributed by atoms with van der Waals surface area (Å²) in [5, 5.41) is 9.44. The highest BCUT2D eigenvalue weighted by molar-refractivity contribution is 5.75. The smallest absolute Gasteiger partial charge is 0.325 e. The molecule has 0 saturated heterocycles. The topological polar surface area (TPSA) is 66.8 Å². The van der Waals surface area contributed by atoms with Crippen molar-refractivity contribution in [3.63, 3.8) is 0 Å². The van der Waals surface area contributed by atoms with Crippen LogP contribution in [0.4, 0.5) is 0 Å². The van der Waals surface area contributed by atoms with E-state index in [-0.39, 0.29) is 12.4 Å². The van der Waals surface area contributed by atoms with Crippen LogP contribution in [0.2, 0.25) is 0 Å². The standard InChI is InChI=1S/C15H21NO4/c1-3-16(11-10-13(17)20-4-2)14(15(18)19)12-8-6-5-7-9-12/h5-9,14H,3-4,10-11H2,1-2H3,(H,18,19). The van der Waals surface area contributed by atoms with Gasteiger partial charge in [0.15, 0.2) is 0 Å². The summed E-state index contributed by atoms with van der Waals surface area (Å²) in [6, 6.07) is 8.29. The Bertz CT molecular complexity index is 433. The van der Waals surface area contributed by atoms with Crippen molar-refractivity contribution in [1.82, 2.24) is 4.90 Å². The van der Waals surface area contributed by atoms with E-state index in [4.69, 9.17) is 4.74 Å². The third-order valence-corrected chi connectivity index (χ3v) is 3.03. The summed E-state index contributed by atoms with van der Waals surface area (Å²) in [5.41, 5.74) is 0.714. The molecule has 0 bridgehead atoms. The molecule has 1 N–H and O–H groups in total. The third kappa shape index (κ3) is 4.66. The largest absolute Gasteiger partial charge is 0.480 e. The van der Waals surface area contributed by atoms with E-state index in [2.05, 4.69) is 0 Å². The number of rotatable bonds is 8. The molecule has 110 valence electrons. The fourth-order valence-corrected chi connectivity index (χ4v) is 2.08. The van der Waals surface area contributed by atoms with Crippen LogP contribution in [0.5, 0.6) is 0 Å². The molecule has 1 unspecified atom stereocenters. The van der Waals surface area contributed by atoms with Crippen LogP contribution in [-0.4, -0.2) is 41.6 Å². The number of carbonyl (C=O) groups excluding carboxylic acids is 1. The molecule has 0 heterocycles. The zero-order valence-electron chi connectivity index (χ0n) is 11.9. The van der Waals surface area contributed by atoms with Crippen molar-refractivity contribution in [1.29, 1.82) is 0 Å². The first-order valence-corrected chi connectivity index (χ1v) is 6.77. The average molecular weight is 279 g/mol. The number of benzene rings is 1. The Balaban J connectivity index is 2.78. The summed E-state index contributed by atoms with van der Waals surface area (Å²) in [5.74, 6) is -1.22. The molecular weight excluding hydrogens is 258 g/mol. The van der Waals surface area contributed by atoms with Gasteiger partial charge in [-0.2, -0.15) is 0 Å². The number of nitrogens with zero attached hydrogens (tertiary/aromatic N) is 1. The van der Waals surface area contributed by atoms with Crippen LogP contribution in [-0.2, 0) is 14.3 Å². The van der Waals surface area contributed by atoms with E-state index in [1.165, 1.54) is 0 Å². The van der Waals surface area contributed by atoms with Crippen molar-refractivity contribution < 1.29 is 19.4 Å². The van der Waals surface area contributed by atoms with E-state index < -0.39 is 12.0 Å². The van der Waals surface area contributed by atoms with Crippen molar-refractivity contribution in [2.45, 2.75) is 26.3 Å². The Morgan fingerprint density at radius 3 is 2.40 bits per heavy atom. The summed E-state index contributed by atoms with van der Waals surface area (Å²) >= 11 is 0. The van der Waals surface area contributed by atoms with Crippen molar-refractivity contribution >= 4 is 11.9 Å². The molecule has 0 saturated carbocycles. The quantitative estimate of drug-likeness (QED) is 0.738. The molecule has 1 atom stereocenters. The Hall–Kier alpha value is -1.88. The summed E-state index contributed by atoms with van der Waals surface area (Å²) in [7, 11) is 0. The molecule has 0 aliphatic carbocycles. The number of hydrogen-bond donors (Lipinski definition) is 1. The van der Waals surface area contributed by atoms with Crippen LogP contribution in [0.15, 0.2) is 30.3 Å². The predicted molar refractivity (Wildman–Crippen MR) is 75.3 cm³/mol. The molecule has 0 aliphatic heterocycles. The van der Waals surface area contributed by atoms with Gasteiger partial charge in [0.25, 0.3) is 0 Å². The molecule has 0 fully saturated rings. The maximum Gasteiger partial charge on any atom is 0.325 e. The van der Waals surface area contributed by atoms with Gasteiger partial charge in [0, 0.05) is 6.54 Å². The second kappa shape index (κ2) is 8.32. The van der Waals surface area contributed by atoms with Crippen LogP contribution >= 0.6 is 0 Å². The van der Waals surface area contributed by atoms with E-state index in [0.29, 0.717) is 25.3 Å². The van der Waals surface area contributed by atoms with E-state index in [1.54, 1.807) is 24.0 Å². The van der Waals surface area contributed by atoms with Gasteiger partial charge in [-0.1, -0.05) is 37.3 Å². The second-order valence-electron chi connectivity index (χ2n) is 4.34. The molecule has 1 aromatic carbocycles. The van der Waals surface area contributed by atoms with Gasteiger partial charge in [-0.25, -0.2) is 0 Å². The normalized spacial score (nSPS) is 12.2. The molecular formula is C15H21NO4. The molecule has 0 amide bonds. The Kier molecular flexibility index (Phi) is 6.73. The minimum atomic E-state index is -0.915. The van der Waals surface area contributed by atoms with Gasteiger partial charge in [-0.05, 0) is 19.0 Å². The van der Waals surface area contributed by atoms with Gasteiger partial charge in [-0.15, -0.1) is 0 Å². The Labute approximate surface area is 119 Å². The lowest BCUT2D eigenvalue weighted by Crippen LogP contribution is -2.35. The highest BCUT2D eigenvalue weighted by Gasteiger charge is 2.26. The third-order valence-electron chi connectivity index (χ3n) is 3.03. The zero-order valence-corrected chi connectivity index (χ0v) is 11.9. The first kappa shape index (κ1) is 16.2. The monoisotopic (exact) mass is 279 g/mol. The lowest BCUT2D eigenvalue weighted by Gasteiger charge is -2.27. The number of aliphatic carboxylic acids is 1. The summed E-state index contributed by atoms with van der Waals surface area (Å²) < 4.78 is 4.87. The van der Waals surface area contributed by atoms with Gasteiger partial charge >= 0.3 is 11.9 Å². The van der Waals surface area contributed by atoms with Gasteiger partial charge in [-0.3, -0.25) is 14.5 Å².